The highest BCUT2D eigenvalue weighted by Crippen LogP contribution is 2.27. The molecule has 0 spiro atoms. The van der Waals surface area contributed by atoms with Gasteiger partial charge >= 0.3 is 0 Å². The van der Waals surface area contributed by atoms with Crippen LogP contribution in [0, 0.1) is 0 Å². The second-order valence-corrected chi connectivity index (χ2v) is 3.69. The molecule has 2 rings (SSSR count). The summed E-state index contributed by atoms with van der Waals surface area (Å²) in [4.78, 5) is 0. The van der Waals surface area contributed by atoms with Gasteiger partial charge in [-0.3, -0.25) is 0 Å². The van der Waals surface area contributed by atoms with Crippen LogP contribution < -0.4 is 0 Å². The topological polar surface area (TPSA) is 0 Å². The predicted octanol–water partition coefficient (Wildman–Crippen LogP) is 3.75. The highest BCUT2D eigenvalue weighted by atomic mass is 14.1. The number of hydrogen-bond donors (Lipinski definition) is 0. The maximum absolute atomic E-state index is 3.41. The highest BCUT2D eigenvalue weighted by Gasteiger charge is 2.09. The minimum Gasteiger partial charge on any atom is -0.121 e. The molecular weight excluding hydrogens is 144 g/mol. The summed E-state index contributed by atoms with van der Waals surface area (Å²) in [6.45, 7) is 0. The first-order valence-corrected chi connectivity index (χ1v) is 5.10. The van der Waals surface area contributed by atoms with Crippen LogP contribution in [0.4, 0.5) is 0 Å². The average molecular weight is 160 g/mol. The second kappa shape index (κ2) is 3.78. The molecule has 0 saturated heterocycles. The quantitative estimate of drug-likeness (QED) is 0.512. The first-order valence-electron chi connectivity index (χ1n) is 5.10. The second-order valence-electron chi connectivity index (χ2n) is 3.69. The summed E-state index contributed by atoms with van der Waals surface area (Å²) in [6, 6.07) is 0. The molecule has 0 aromatic rings. The van der Waals surface area contributed by atoms with Crippen LogP contribution in [0.5, 0.6) is 0 Å². The van der Waals surface area contributed by atoms with E-state index >= 15 is 0 Å². The van der Waals surface area contributed by atoms with Gasteiger partial charge in [0, 0.05) is 0 Å². The maximum atomic E-state index is 3.41. The van der Waals surface area contributed by atoms with Gasteiger partial charge in [-0.2, -0.15) is 0 Å². The first kappa shape index (κ1) is 7.89. The SMILES string of the molecule is C1=CCCCC=1C1=CCCCC1. The smallest absolute Gasteiger partial charge is 0.00348 e. The third kappa shape index (κ3) is 1.70. The van der Waals surface area contributed by atoms with E-state index in [9.17, 15) is 0 Å². The Bertz CT molecular complexity index is 249. The van der Waals surface area contributed by atoms with Crippen LogP contribution in [0.25, 0.3) is 0 Å². The Morgan fingerprint density at radius 2 is 2.00 bits per heavy atom. The molecule has 0 amide bonds. The standard InChI is InChI=1S/C12H16/c1-3-7-11(8-4-1)12-9-5-2-6-10-12/h3,9H,1-2,4-6,8,10H2. The van der Waals surface area contributed by atoms with Gasteiger partial charge in [-0.1, -0.05) is 6.08 Å². The largest absolute Gasteiger partial charge is 0.121 e. The Hall–Kier alpha value is -0.740. The van der Waals surface area contributed by atoms with Crippen molar-refractivity contribution in [2.45, 2.75) is 44.9 Å². The van der Waals surface area contributed by atoms with Crippen LogP contribution in [0.3, 0.4) is 0 Å². The van der Waals surface area contributed by atoms with E-state index in [1.165, 1.54) is 50.5 Å². The zero-order valence-electron chi connectivity index (χ0n) is 7.60. The van der Waals surface area contributed by atoms with Crippen molar-refractivity contribution in [1.29, 1.82) is 0 Å². The molecule has 0 N–H and O–H groups in total. The van der Waals surface area contributed by atoms with Gasteiger partial charge in [0.1, 0.15) is 0 Å². The Kier molecular flexibility index (Phi) is 2.48. The highest BCUT2D eigenvalue weighted by molar-refractivity contribution is 5.32. The molecule has 0 aliphatic heterocycles. The van der Waals surface area contributed by atoms with Crippen molar-refractivity contribution < 1.29 is 0 Å². The molecule has 0 saturated carbocycles. The molecule has 64 valence electrons. The number of allylic oxidation sites excluding steroid dienone is 3. The molecule has 0 radical (unpaired) electrons. The van der Waals surface area contributed by atoms with Crippen LogP contribution in [-0.4, -0.2) is 0 Å². The Balaban J connectivity index is 2.16. The molecular formula is C12H16. The van der Waals surface area contributed by atoms with E-state index < -0.39 is 0 Å². The van der Waals surface area contributed by atoms with Crippen LogP contribution in [0.1, 0.15) is 44.9 Å². The average Bonchev–Trinajstić information content (AvgIpc) is 2.21. The van der Waals surface area contributed by atoms with Crippen LogP contribution in [-0.2, 0) is 0 Å². The van der Waals surface area contributed by atoms with Crippen molar-refractivity contribution in [2.75, 3.05) is 0 Å². The van der Waals surface area contributed by atoms with Gasteiger partial charge in [-0.05, 0) is 62.2 Å². The molecule has 12 heavy (non-hydrogen) atoms. The van der Waals surface area contributed by atoms with E-state index in [-0.39, 0.29) is 0 Å². The third-order valence-corrected chi connectivity index (χ3v) is 2.73. The zero-order valence-corrected chi connectivity index (χ0v) is 7.60. The summed E-state index contributed by atoms with van der Waals surface area (Å²) in [7, 11) is 0. The van der Waals surface area contributed by atoms with E-state index in [2.05, 4.69) is 17.9 Å². The van der Waals surface area contributed by atoms with Crippen molar-refractivity contribution in [3.8, 4) is 0 Å². The van der Waals surface area contributed by atoms with Crippen molar-refractivity contribution in [1.82, 2.24) is 0 Å². The summed E-state index contributed by atoms with van der Waals surface area (Å²) in [5, 5.41) is 0. The molecule has 2 aliphatic rings. The summed E-state index contributed by atoms with van der Waals surface area (Å²) < 4.78 is 0. The lowest BCUT2D eigenvalue weighted by molar-refractivity contribution is 0.692. The minimum atomic E-state index is 1.23. The van der Waals surface area contributed by atoms with Gasteiger partial charge in [0.15, 0.2) is 0 Å². The van der Waals surface area contributed by atoms with E-state index in [4.69, 9.17) is 0 Å². The van der Waals surface area contributed by atoms with Crippen LogP contribution in [0.15, 0.2) is 29.0 Å². The maximum Gasteiger partial charge on any atom is -0.00348 e. The molecule has 2 aliphatic carbocycles. The molecule has 0 heteroatoms. The van der Waals surface area contributed by atoms with Gasteiger partial charge < -0.3 is 0 Å². The number of rotatable bonds is 1. The van der Waals surface area contributed by atoms with Crippen molar-refractivity contribution in [2.24, 2.45) is 0 Å². The first-order chi connectivity index (χ1) is 5.97. The lowest BCUT2D eigenvalue weighted by Gasteiger charge is -2.15. The molecule has 0 atom stereocenters. The van der Waals surface area contributed by atoms with Crippen molar-refractivity contribution >= 4 is 0 Å². The Morgan fingerprint density at radius 1 is 1.00 bits per heavy atom. The fourth-order valence-electron chi connectivity index (χ4n) is 2.01. The number of hydrogen-bond acceptors (Lipinski definition) is 0. The molecule has 0 nitrogen and oxygen atoms in total. The van der Waals surface area contributed by atoms with Crippen LogP contribution >= 0.6 is 0 Å². The molecule has 0 heterocycles. The summed E-state index contributed by atoms with van der Waals surface area (Å²) in [5.74, 6) is 0. The molecule has 0 fully saturated rings. The third-order valence-electron chi connectivity index (χ3n) is 2.73. The molecule has 0 aromatic heterocycles. The van der Waals surface area contributed by atoms with E-state index in [1.807, 2.05) is 0 Å². The lowest BCUT2D eigenvalue weighted by Crippen LogP contribution is -1.97. The summed E-state index contributed by atoms with van der Waals surface area (Å²) in [6.07, 6.45) is 13.8. The lowest BCUT2D eigenvalue weighted by atomic mass is 9.90. The fourth-order valence-corrected chi connectivity index (χ4v) is 2.01. The molecule has 0 bridgehead atoms. The van der Waals surface area contributed by atoms with Gasteiger partial charge in [0.25, 0.3) is 0 Å². The normalized spacial score (nSPS) is 23.3. The van der Waals surface area contributed by atoms with Gasteiger partial charge in [0.05, 0.1) is 0 Å². The van der Waals surface area contributed by atoms with Gasteiger partial charge in [-0.25, -0.2) is 0 Å². The summed E-state index contributed by atoms with van der Waals surface area (Å²) >= 11 is 0. The summed E-state index contributed by atoms with van der Waals surface area (Å²) in [5.41, 5.74) is 6.51. The van der Waals surface area contributed by atoms with Crippen LogP contribution in [0.2, 0.25) is 0 Å². The van der Waals surface area contributed by atoms with Crippen molar-refractivity contribution in [3.63, 3.8) is 0 Å². The zero-order chi connectivity index (χ0) is 8.23. The van der Waals surface area contributed by atoms with E-state index in [1.54, 1.807) is 5.57 Å². The molecule has 0 unspecified atom stereocenters. The van der Waals surface area contributed by atoms with Gasteiger partial charge in [0.2, 0.25) is 0 Å². The Morgan fingerprint density at radius 3 is 2.67 bits per heavy atom. The fraction of sp³-hybridized carbons (Fsp3) is 0.583. The molecule has 0 aromatic carbocycles. The van der Waals surface area contributed by atoms with E-state index in [0.717, 1.165) is 0 Å². The van der Waals surface area contributed by atoms with Crippen molar-refractivity contribution in [3.05, 3.63) is 29.0 Å². The minimum absolute atomic E-state index is 1.23. The van der Waals surface area contributed by atoms with E-state index in [0.29, 0.717) is 0 Å². The Labute approximate surface area is 74.7 Å². The monoisotopic (exact) mass is 160 g/mol. The predicted molar refractivity (Wildman–Crippen MR) is 52.0 cm³/mol. The van der Waals surface area contributed by atoms with Gasteiger partial charge in [-0.15, -0.1) is 5.73 Å².